The van der Waals surface area contributed by atoms with Gasteiger partial charge in [0.05, 0.1) is 0 Å². The van der Waals surface area contributed by atoms with E-state index >= 15 is 0 Å². The zero-order chi connectivity index (χ0) is 7.56. The number of hydrogen-bond donors (Lipinski definition) is 2. The van der Waals surface area contributed by atoms with Gasteiger partial charge in [-0.3, -0.25) is 4.79 Å². The van der Waals surface area contributed by atoms with Crippen molar-refractivity contribution in [3.05, 3.63) is 34.2 Å². The molecule has 1 heterocycles. The zero-order valence-electron chi connectivity index (χ0n) is 5.13. The lowest BCUT2D eigenvalue weighted by Crippen LogP contribution is -2.13. The lowest BCUT2D eigenvalue weighted by atomic mass is 10.3. The van der Waals surface area contributed by atoms with Crippen LogP contribution in [0.3, 0.4) is 0 Å². The number of thiocarbonyl (C=S) groups is 1. The molecule has 0 unspecified atom stereocenters. The Morgan fingerprint density at radius 1 is 1.70 bits per heavy atom. The standard InChI is InChI=1S/C6H6N2OS/c7-6(10)4-1-2-8-5(9)3-4/h1-3H,(H2,7,10)(H,8,9). The molecule has 1 aromatic heterocycles. The summed E-state index contributed by atoms with van der Waals surface area (Å²) in [6.07, 6.45) is 1.51. The molecule has 0 aliphatic heterocycles. The number of aromatic amines is 1. The summed E-state index contributed by atoms with van der Waals surface area (Å²) in [7, 11) is 0. The summed E-state index contributed by atoms with van der Waals surface area (Å²) < 4.78 is 0. The predicted octanol–water partition coefficient (Wildman–Crippen LogP) is 0.00910. The van der Waals surface area contributed by atoms with Crippen LogP contribution in [0.25, 0.3) is 0 Å². The van der Waals surface area contributed by atoms with Crippen LogP contribution in [0.1, 0.15) is 5.56 Å². The first kappa shape index (κ1) is 6.95. The van der Waals surface area contributed by atoms with Crippen molar-refractivity contribution in [1.29, 1.82) is 0 Å². The molecule has 0 saturated carbocycles. The molecule has 1 aromatic rings. The summed E-state index contributed by atoms with van der Waals surface area (Å²) in [5.41, 5.74) is 5.67. The molecule has 0 bridgehead atoms. The molecule has 10 heavy (non-hydrogen) atoms. The molecule has 3 N–H and O–H groups in total. The molecule has 1 rings (SSSR count). The van der Waals surface area contributed by atoms with Gasteiger partial charge in [-0.2, -0.15) is 0 Å². The molecule has 0 radical (unpaired) electrons. The van der Waals surface area contributed by atoms with E-state index in [4.69, 9.17) is 5.73 Å². The summed E-state index contributed by atoms with van der Waals surface area (Å²) in [6, 6.07) is 3.02. The van der Waals surface area contributed by atoms with E-state index in [0.717, 1.165) is 0 Å². The molecule has 0 spiro atoms. The minimum absolute atomic E-state index is 0.190. The predicted molar refractivity (Wildman–Crippen MR) is 43.0 cm³/mol. The molecule has 0 amide bonds. The summed E-state index contributed by atoms with van der Waals surface area (Å²) in [4.78, 5) is 13.3. The topological polar surface area (TPSA) is 58.9 Å². The highest BCUT2D eigenvalue weighted by Gasteiger charge is 1.93. The Hall–Kier alpha value is -1.16. The van der Waals surface area contributed by atoms with Gasteiger partial charge in [-0.1, -0.05) is 12.2 Å². The fourth-order valence-corrected chi connectivity index (χ4v) is 0.725. The first-order valence-electron chi connectivity index (χ1n) is 2.68. The van der Waals surface area contributed by atoms with Crippen LogP contribution in [0, 0.1) is 0 Å². The third-order valence-electron chi connectivity index (χ3n) is 1.06. The quantitative estimate of drug-likeness (QED) is 0.560. The van der Waals surface area contributed by atoms with Crippen molar-refractivity contribution in [3.63, 3.8) is 0 Å². The average molecular weight is 154 g/mol. The highest BCUT2D eigenvalue weighted by molar-refractivity contribution is 7.80. The summed E-state index contributed by atoms with van der Waals surface area (Å²) in [5.74, 6) is 0. The van der Waals surface area contributed by atoms with Crippen molar-refractivity contribution in [3.8, 4) is 0 Å². The highest BCUT2D eigenvalue weighted by atomic mass is 32.1. The van der Waals surface area contributed by atoms with Crippen molar-refractivity contribution in [2.75, 3.05) is 0 Å². The van der Waals surface area contributed by atoms with E-state index in [1.165, 1.54) is 12.3 Å². The SMILES string of the molecule is NC(=S)c1cc[nH]c(=O)c1. The van der Waals surface area contributed by atoms with Crippen LogP contribution in [0.2, 0.25) is 0 Å². The van der Waals surface area contributed by atoms with Gasteiger partial charge < -0.3 is 10.7 Å². The largest absolute Gasteiger partial charge is 0.389 e. The second kappa shape index (κ2) is 2.62. The van der Waals surface area contributed by atoms with Crippen molar-refractivity contribution in [2.45, 2.75) is 0 Å². The van der Waals surface area contributed by atoms with Crippen molar-refractivity contribution < 1.29 is 0 Å². The lowest BCUT2D eigenvalue weighted by Gasteiger charge is -1.92. The Balaban J connectivity index is 3.20. The van der Waals surface area contributed by atoms with Crippen LogP contribution < -0.4 is 11.3 Å². The fourth-order valence-electron chi connectivity index (χ4n) is 0.598. The van der Waals surface area contributed by atoms with E-state index in [0.29, 0.717) is 5.56 Å². The molecule has 52 valence electrons. The molecule has 3 nitrogen and oxygen atoms in total. The fraction of sp³-hybridized carbons (Fsp3) is 0. The molecule has 4 heteroatoms. The molecule has 0 saturated heterocycles. The van der Waals surface area contributed by atoms with Crippen LogP contribution in [0.4, 0.5) is 0 Å². The summed E-state index contributed by atoms with van der Waals surface area (Å²) in [5, 5.41) is 0. The van der Waals surface area contributed by atoms with E-state index in [1.54, 1.807) is 6.07 Å². The maximum atomic E-state index is 10.6. The Bertz CT molecular complexity index is 305. The van der Waals surface area contributed by atoms with Crippen LogP contribution in [0.5, 0.6) is 0 Å². The zero-order valence-corrected chi connectivity index (χ0v) is 5.94. The molecule has 0 fully saturated rings. The van der Waals surface area contributed by atoms with Gasteiger partial charge in [0.2, 0.25) is 5.56 Å². The van der Waals surface area contributed by atoms with Gasteiger partial charge in [0.25, 0.3) is 0 Å². The van der Waals surface area contributed by atoms with Gasteiger partial charge >= 0.3 is 0 Å². The number of rotatable bonds is 1. The Labute approximate surface area is 62.9 Å². The molecule has 0 aromatic carbocycles. The third kappa shape index (κ3) is 1.41. The van der Waals surface area contributed by atoms with E-state index < -0.39 is 0 Å². The van der Waals surface area contributed by atoms with Crippen LogP contribution in [-0.4, -0.2) is 9.97 Å². The van der Waals surface area contributed by atoms with Crippen molar-refractivity contribution >= 4 is 17.2 Å². The smallest absolute Gasteiger partial charge is 0.248 e. The molecule has 0 aliphatic carbocycles. The van der Waals surface area contributed by atoms with Crippen molar-refractivity contribution in [2.24, 2.45) is 5.73 Å². The first-order chi connectivity index (χ1) is 4.70. The Morgan fingerprint density at radius 3 is 2.80 bits per heavy atom. The van der Waals surface area contributed by atoms with Crippen LogP contribution >= 0.6 is 12.2 Å². The average Bonchev–Trinajstić information content (AvgIpc) is 1.88. The number of aromatic nitrogens is 1. The van der Waals surface area contributed by atoms with Gasteiger partial charge in [-0.05, 0) is 6.07 Å². The van der Waals surface area contributed by atoms with Gasteiger partial charge in [-0.15, -0.1) is 0 Å². The summed E-state index contributed by atoms with van der Waals surface area (Å²) >= 11 is 4.65. The molecule has 0 aliphatic rings. The maximum absolute atomic E-state index is 10.6. The highest BCUT2D eigenvalue weighted by Crippen LogP contribution is 1.90. The molecular weight excluding hydrogens is 148 g/mol. The second-order valence-corrected chi connectivity index (χ2v) is 2.25. The number of hydrogen-bond acceptors (Lipinski definition) is 2. The van der Waals surface area contributed by atoms with Crippen LogP contribution in [0.15, 0.2) is 23.1 Å². The van der Waals surface area contributed by atoms with Crippen LogP contribution in [-0.2, 0) is 0 Å². The van der Waals surface area contributed by atoms with E-state index in [1.807, 2.05) is 0 Å². The second-order valence-electron chi connectivity index (χ2n) is 1.81. The molecule has 0 atom stereocenters. The number of H-pyrrole nitrogens is 1. The lowest BCUT2D eigenvalue weighted by molar-refractivity contribution is 1.23. The summed E-state index contributed by atoms with van der Waals surface area (Å²) in [6.45, 7) is 0. The minimum atomic E-state index is -0.190. The normalized spacial score (nSPS) is 9.20. The van der Waals surface area contributed by atoms with Gasteiger partial charge in [-0.25, -0.2) is 0 Å². The van der Waals surface area contributed by atoms with E-state index in [2.05, 4.69) is 17.2 Å². The van der Waals surface area contributed by atoms with Crippen molar-refractivity contribution in [1.82, 2.24) is 4.98 Å². The first-order valence-corrected chi connectivity index (χ1v) is 3.09. The third-order valence-corrected chi connectivity index (χ3v) is 1.30. The number of pyridine rings is 1. The van der Waals surface area contributed by atoms with Gasteiger partial charge in [0, 0.05) is 17.8 Å². The van der Waals surface area contributed by atoms with Gasteiger partial charge in [0.1, 0.15) is 4.99 Å². The van der Waals surface area contributed by atoms with E-state index in [9.17, 15) is 4.79 Å². The van der Waals surface area contributed by atoms with E-state index in [-0.39, 0.29) is 10.5 Å². The molecular formula is C6H6N2OS. The monoisotopic (exact) mass is 154 g/mol. The minimum Gasteiger partial charge on any atom is -0.389 e. The maximum Gasteiger partial charge on any atom is 0.248 e. The number of nitrogens with two attached hydrogens (primary N) is 1. The number of nitrogens with one attached hydrogen (secondary N) is 1. The Kier molecular flexibility index (Phi) is 1.82. The van der Waals surface area contributed by atoms with Gasteiger partial charge in [0.15, 0.2) is 0 Å². The Morgan fingerprint density at radius 2 is 2.40 bits per heavy atom.